The summed E-state index contributed by atoms with van der Waals surface area (Å²) >= 11 is 9.99. The average Bonchev–Trinajstić information content (AvgIpc) is 3.32. The molecule has 2 fully saturated rings. The van der Waals surface area contributed by atoms with E-state index in [1.165, 1.54) is 0 Å². The molecular formula is C22H25BrClN5O. The van der Waals surface area contributed by atoms with E-state index < -0.39 is 0 Å². The van der Waals surface area contributed by atoms with Crippen LogP contribution in [0.3, 0.4) is 0 Å². The highest BCUT2D eigenvalue weighted by atomic mass is 79.9. The lowest BCUT2D eigenvalue weighted by Gasteiger charge is -2.41. The standard InChI is InChI=1S/C22H25BrClN5O/c1-13-17(15-4-3-5-16(24)18(15)23)20-26-8-11-29(20)21(27-13)28-9-6-22(7-10-28)12-30-14(2)19(22)25/h3-5,8,11,14,19H,6-7,9-10,12,25H2,1-2H3/t14-,19+/m0/s1. The van der Waals surface area contributed by atoms with Crippen molar-refractivity contribution in [2.24, 2.45) is 11.1 Å². The first-order valence-corrected chi connectivity index (χ1v) is 11.5. The molecule has 3 aromatic rings. The molecule has 4 heterocycles. The van der Waals surface area contributed by atoms with Crippen LogP contribution in [0, 0.1) is 12.3 Å². The topological polar surface area (TPSA) is 68.7 Å². The highest BCUT2D eigenvalue weighted by molar-refractivity contribution is 9.10. The lowest BCUT2D eigenvalue weighted by atomic mass is 9.73. The summed E-state index contributed by atoms with van der Waals surface area (Å²) in [7, 11) is 0. The number of nitrogens with zero attached hydrogens (tertiary/aromatic N) is 4. The molecular weight excluding hydrogens is 466 g/mol. The molecule has 2 N–H and O–H groups in total. The highest BCUT2D eigenvalue weighted by Crippen LogP contribution is 2.43. The van der Waals surface area contributed by atoms with Gasteiger partial charge in [-0.2, -0.15) is 0 Å². The number of hydrogen-bond donors (Lipinski definition) is 1. The lowest BCUT2D eigenvalue weighted by Crippen LogP contribution is -2.51. The summed E-state index contributed by atoms with van der Waals surface area (Å²) < 4.78 is 8.82. The van der Waals surface area contributed by atoms with Crippen molar-refractivity contribution in [3.63, 3.8) is 0 Å². The number of ether oxygens (including phenoxy) is 1. The van der Waals surface area contributed by atoms with Gasteiger partial charge in [0, 0.05) is 52.5 Å². The summed E-state index contributed by atoms with van der Waals surface area (Å²) in [6.45, 7) is 6.69. The van der Waals surface area contributed by atoms with Gasteiger partial charge in [0.2, 0.25) is 5.95 Å². The van der Waals surface area contributed by atoms with E-state index in [1.54, 1.807) is 0 Å². The lowest BCUT2D eigenvalue weighted by molar-refractivity contribution is 0.0973. The zero-order chi connectivity index (χ0) is 21.0. The van der Waals surface area contributed by atoms with Gasteiger partial charge in [-0.1, -0.05) is 23.7 Å². The largest absolute Gasteiger partial charge is 0.376 e. The summed E-state index contributed by atoms with van der Waals surface area (Å²) in [5, 5.41) is 0.673. The fourth-order valence-electron chi connectivity index (χ4n) is 4.93. The van der Waals surface area contributed by atoms with Crippen molar-refractivity contribution < 1.29 is 4.74 Å². The number of aromatic nitrogens is 3. The first kappa shape index (κ1) is 20.2. The number of piperidine rings is 1. The van der Waals surface area contributed by atoms with Crippen LogP contribution in [-0.2, 0) is 4.74 Å². The molecule has 8 heteroatoms. The Bertz CT molecular complexity index is 1110. The molecule has 0 unspecified atom stereocenters. The van der Waals surface area contributed by atoms with Gasteiger partial charge in [-0.3, -0.25) is 4.40 Å². The fraction of sp³-hybridized carbons (Fsp3) is 0.455. The molecule has 5 rings (SSSR count). The first-order valence-electron chi connectivity index (χ1n) is 10.3. The van der Waals surface area contributed by atoms with Crippen LogP contribution in [0.5, 0.6) is 0 Å². The predicted molar refractivity (Wildman–Crippen MR) is 123 cm³/mol. The minimum atomic E-state index is 0.0879. The van der Waals surface area contributed by atoms with E-state index in [2.05, 4.69) is 37.1 Å². The number of fused-ring (bicyclic) bond motifs is 1. The maximum Gasteiger partial charge on any atom is 0.211 e. The second kappa shape index (κ2) is 7.48. The minimum absolute atomic E-state index is 0.0879. The molecule has 2 aliphatic rings. The third-order valence-electron chi connectivity index (χ3n) is 6.82. The van der Waals surface area contributed by atoms with E-state index in [1.807, 2.05) is 37.5 Å². The monoisotopic (exact) mass is 489 g/mol. The van der Waals surface area contributed by atoms with Crippen LogP contribution in [0.25, 0.3) is 16.8 Å². The molecule has 0 saturated carbocycles. The van der Waals surface area contributed by atoms with Crippen molar-refractivity contribution >= 4 is 39.1 Å². The van der Waals surface area contributed by atoms with Gasteiger partial charge >= 0.3 is 0 Å². The number of imidazole rings is 1. The Hall–Kier alpha value is -1.67. The Morgan fingerprint density at radius 3 is 2.77 bits per heavy atom. The van der Waals surface area contributed by atoms with E-state index in [-0.39, 0.29) is 17.6 Å². The smallest absolute Gasteiger partial charge is 0.211 e. The second-order valence-corrected chi connectivity index (χ2v) is 9.69. The Kier molecular flexibility index (Phi) is 5.05. The molecule has 2 aromatic heterocycles. The molecule has 2 atom stereocenters. The molecule has 2 saturated heterocycles. The van der Waals surface area contributed by atoms with Crippen LogP contribution in [0.4, 0.5) is 5.95 Å². The van der Waals surface area contributed by atoms with Crippen molar-refractivity contribution in [2.45, 2.75) is 38.8 Å². The van der Waals surface area contributed by atoms with Gasteiger partial charge in [0.15, 0.2) is 0 Å². The van der Waals surface area contributed by atoms with Gasteiger partial charge in [0.25, 0.3) is 0 Å². The normalized spacial score (nSPS) is 23.6. The van der Waals surface area contributed by atoms with Crippen LogP contribution < -0.4 is 10.6 Å². The van der Waals surface area contributed by atoms with E-state index in [9.17, 15) is 0 Å². The first-order chi connectivity index (χ1) is 14.4. The Morgan fingerprint density at radius 2 is 2.07 bits per heavy atom. The molecule has 0 bridgehead atoms. The van der Waals surface area contributed by atoms with Gasteiger partial charge in [-0.15, -0.1) is 0 Å². The van der Waals surface area contributed by atoms with Gasteiger partial charge in [0.05, 0.1) is 23.4 Å². The molecule has 158 valence electrons. The maximum atomic E-state index is 6.49. The van der Waals surface area contributed by atoms with Gasteiger partial charge in [-0.05, 0) is 48.7 Å². The van der Waals surface area contributed by atoms with Crippen LogP contribution in [0.2, 0.25) is 5.02 Å². The predicted octanol–water partition coefficient (Wildman–Crippen LogP) is 4.45. The van der Waals surface area contributed by atoms with Crippen molar-refractivity contribution in [3.05, 3.63) is 45.8 Å². The maximum absolute atomic E-state index is 6.49. The number of aryl methyl sites for hydroxylation is 1. The quantitative estimate of drug-likeness (QED) is 0.575. The Labute approximate surface area is 189 Å². The zero-order valence-corrected chi connectivity index (χ0v) is 19.4. The molecule has 1 aromatic carbocycles. The number of nitrogens with two attached hydrogens (primary N) is 1. The molecule has 6 nitrogen and oxygen atoms in total. The third kappa shape index (κ3) is 3.06. The summed E-state index contributed by atoms with van der Waals surface area (Å²) in [6.07, 6.45) is 5.97. The van der Waals surface area contributed by atoms with E-state index >= 15 is 0 Å². The van der Waals surface area contributed by atoms with Gasteiger partial charge < -0.3 is 15.4 Å². The summed E-state index contributed by atoms with van der Waals surface area (Å²) in [6, 6.07) is 5.97. The molecule has 0 aliphatic carbocycles. The van der Waals surface area contributed by atoms with Crippen LogP contribution in [-0.4, -0.2) is 46.2 Å². The Balaban J connectivity index is 1.52. The van der Waals surface area contributed by atoms with Crippen molar-refractivity contribution in [2.75, 3.05) is 24.6 Å². The number of rotatable bonds is 2. The molecule has 2 aliphatic heterocycles. The number of halogens is 2. The zero-order valence-electron chi connectivity index (χ0n) is 17.1. The number of benzene rings is 1. The average molecular weight is 491 g/mol. The van der Waals surface area contributed by atoms with Crippen molar-refractivity contribution in [1.29, 1.82) is 0 Å². The van der Waals surface area contributed by atoms with Crippen molar-refractivity contribution in [3.8, 4) is 11.1 Å². The molecule has 0 amide bonds. The highest BCUT2D eigenvalue weighted by Gasteiger charge is 2.47. The molecule has 1 spiro atoms. The van der Waals surface area contributed by atoms with Gasteiger partial charge in [-0.25, -0.2) is 9.97 Å². The summed E-state index contributed by atoms with van der Waals surface area (Å²) in [4.78, 5) is 12.0. The van der Waals surface area contributed by atoms with Crippen LogP contribution in [0.1, 0.15) is 25.5 Å². The summed E-state index contributed by atoms with van der Waals surface area (Å²) in [5.41, 5.74) is 10.4. The SMILES string of the molecule is Cc1nc(N2CCC3(CC2)CO[C@@H](C)[C@H]3N)n2ccnc2c1-c1cccc(Cl)c1Br. The van der Waals surface area contributed by atoms with Crippen LogP contribution >= 0.6 is 27.5 Å². The minimum Gasteiger partial charge on any atom is -0.376 e. The van der Waals surface area contributed by atoms with Crippen molar-refractivity contribution in [1.82, 2.24) is 14.4 Å². The fourth-order valence-corrected chi connectivity index (χ4v) is 5.57. The number of hydrogen-bond acceptors (Lipinski definition) is 5. The number of anilines is 1. The summed E-state index contributed by atoms with van der Waals surface area (Å²) in [5.74, 6) is 0.928. The van der Waals surface area contributed by atoms with E-state index in [4.69, 9.17) is 27.1 Å². The van der Waals surface area contributed by atoms with E-state index in [0.29, 0.717) is 5.02 Å². The van der Waals surface area contributed by atoms with Crippen LogP contribution in [0.15, 0.2) is 35.1 Å². The second-order valence-electron chi connectivity index (χ2n) is 8.49. The van der Waals surface area contributed by atoms with Gasteiger partial charge in [0.1, 0.15) is 5.65 Å². The Morgan fingerprint density at radius 1 is 1.30 bits per heavy atom. The third-order valence-corrected chi connectivity index (χ3v) is 8.22. The van der Waals surface area contributed by atoms with E-state index in [0.717, 1.165) is 65.4 Å². The molecule has 0 radical (unpaired) electrons. The molecule has 30 heavy (non-hydrogen) atoms.